The summed E-state index contributed by atoms with van der Waals surface area (Å²) in [5, 5.41) is 8.87. The minimum Gasteiger partial charge on any atom is -0.455 e. The van der Waals surface area contributed by atoms with E-state index in [0.29, 0.717) is 34.9 Å². The van der Waals surface area contributed by atoms with E-state index < -0.39 is 0 Å². The number of furan rings is 1. The number of thiophene rings is 1. The third-order valence-electron chi connectivity index (χ3n) is 14.4. The summed E-state index contributed by atoms with van der Waals surface area (Å²) in [6.07, 6.45) is 0. The lowest BCUT2D eigenvalue weighted by molar-refractivity contribution is 0.670. The normalized spacial score (nSPS) is 11.7. The molecule has 0 aliphatic carbocycles. The van der Waals surface area contributed by atoms with Crippen LogP contribution in [0.1, 0.15) is 0 Å². The van der Waals surface area contributed by atoms with Gasteiger partial charge < -0.3 is 4.42 Å². The van der Waals surface area contributed by atoms with Gasteiger partial charge in [-0.05, 0) is 51.7 Å². The molecule has 0 atom stereocenters. The number of rotatable bonds is 8. The van der Waals surface area contributed by atoms with Gasteiger partial charge in [0, 0.05) is 80.7 Å². The molecular weight excluding hydrogens is 949 g/mol. The predicted octanol–water partition coefficient (Wildman–Crippen LogP) is 18.0. The fraction of sp³-hybridized carbons (Fsp3) is 0. The van der Waals surface area contributed by atoms with Gasteiger partial charge in [-0.15, -0.1) is 11.3 Å². The zero-order chi connectivity index (χ0) is 50.1. The molecule has 0 radical (unpaired) electrons. The SMILES string of the molecule is c1ccc(-c2nc(-c3ccccc3)nc(-c3ccc(-c4cccc5cc(-c6cc7cccc(-c8nc(-c9ccccc9)nc(-c9ccccc9)n8)c7c7c6oc6ccccc67)c6c7ccccc7sc6c45)cc3)n2)cc1. The zero-order valence-electron chi connectivity index (χ0n) is 40.6. The maximum atomic E-state index is 7.11. The Bertz CT molecular complexity index is 4620. The van der Waals surface area contributed by atoms with Crippen LogP contribution >= 0.6 is 11.3 Å². The first kappa shape index (κ1) is 43.6. The van der Waals surface area contributed by atoms with Crippen LogP contribution in [0.5, 0.6) is 0 Å². The van der Waals surface area contributed by atoms with Crippen molar-refractivity contribution < 1.29 is 4.42 Å². The first-order valence-electron chi connectivity index (χ1n) is 25.3. The highest BCUT2D eigenvalue weighted by Crippen LogP contribution is 2.51. The van der Waals surface area contributed by atoms with Crippen LogP contribution in [0.4, 0.5) is 0 Å². The van der Waals surface area contributed by atoms with E-state index in [1.807, 2.05) is 139 Å². The van der Waals surface area contributed by atoms with Crippen LogP contribution in [0, 0.1) is 0 Å². The first-order valence-corrected chi connectivity index (χ1v) is 26.1. The van der Waals surface area contributed by atoms with Gasteiger partial charge in [-0.3, -0.25) is 0 Å². The molecule has 7 nitrogen and oxygen atoms in total. The second-order valence-corrected chi connectivity index (χ2v) is 20.0. The van der Waals surface area contributed by atoms with Gasteiger partial charge in [-0.25, -0.2) is 29.9 Å². The Kier molecular flexibility index (Phi) is 10.2. The molecule has 11 aromatic carbocycles. The number of aromatic nitrogens is 6. The van der Waals surface area contributed by atoms with E-state index >= 15 is 0 Å². The van der Waals surface area contributed by atoms with Crippen molar-refractivity contribution in [2.75, 3.05) is 0 Å². The fourth-order valence-corrected chi connectivity index (χ4v) is 12.1. The van der Waals surface area contributed by atoms with Crippen molar-refractivity contribution in [3.63, 3.8) is 0 Å². The molecule has 0 fully saturated rings. The average molecular weight is 989 g/mol. The molecule has 4 heterocycles. The second-order valence-electron chi connectivity index (χ2n) is 18.9. The Labute approximate surface area is 440 Å². The highest BCUT2D eigenvalue weighted by atomic mass is 32.1. The molecule has 0 N–H and O–H groups in total. The monoisotopic (exact) mass is 988 g/mol. The van der Waals surface area contributed by atoms with E-state index in [1.54, 1.807) is 0 Å². The molecule has 4 aromatic heterocycles. The van der Waals surface area contributed by atoms with Gasteiger partial charge in [0.2, 0.25) is 0 Å². The highest BCUT2D eigenvalue weighted by molar-refractivity contribution is 7.26. The Hall–Kier alpha value is -10.0. The summed E-state index contributed by atoms with van der Waals surface area (Å²) in [6.45, 7) is 0. The molecule has 0 saturated heterocycles. The van der Waals surface area contributed by atoms with Crippen LogP contribution in [-0.4, -0.2) is 29.9 Å². The van der Waals surface area contributed by atoms with Crippen LogP contribution in [0.2, 0.25) is 0 Å². The van der Waals surface area contributed by atoms with Crippen molar-refractivity contribution in [3.05, 3.63) is 243 Å². The van der Waals surface area contributed by atoms with E-state index in [4.69, 9.17) is 34.3 Å². The third-order valence-corrected chi connectivity index (χ3v) is 15.5. The van der Waals surface area contributed by atoms with Gasteiger partial charge in [0.1, 0.15) is 11.2 Å². The van der Waals surface area contributed by atoms with Crippen molar-refractivity contribution >= 4 is 75.0 Å². The van der Waals surface area contributed by atoms with Crippen LogP contribution in [0.15, 0.2) is 247 Å². The van der Waals surface area contributed by atoms with E-state index in [2.05, 4.69) is 115 Å². The Morgan fingerprint density at radius 1 is 0.276 bits per heavy atom. The minimum absolute atomic E-state index is 0.595. The van der Waals surface area contributed by atoms with Gasteiger partial charge in [-0.2, -0.15) is 0 Å². The Morgan fingerprint density at radius 3 is 1.28 bits per heavy atom. The lowest BCUT2D eigenvalue weighted by Crippen LogP contribution is -2.00. The van der Waals surface area contributed by atoms with Crippen LogP contribution in [-0.2, 0) is 0 Å². The topological polar surface area (TPSA) is 90.5 Å². The summed E-state index contributed by atoms with van der Waals surface area (Å²) in [5.74, 6) is 3.71. The van der Waals surface area contributed by atoms with Gasteiger partial charge in [0.25, 0.3) is 0 Å². The van der Waals surface area contributed by atoms with Crippen molar-refractivity contribution in [1.29, 1.82) is 0 Å². The summed E-state index contributed by atoms with van der Waals surface area (Å²) in [6, 6.07) is 84.0. The van der Waals surface area contributed by atoms with Crippen LogP contribution in [0.25, 0.3) is 154 Å². The highest BCUT2D eigenvalue weighted by Gasteiger charge is 2.25. The molecule has 0 spiro atoms. The summed E-state index contributed by atoms with van der Waals surface area (Å²) in [5.41, 5.74) is 11.5. The summed E-state index contributed by atoms with van der Waals surface area (Å²) >= 11 is 1.84. The average Bonchev–Trinajstić information content (AvgIpc) is 4.21. The van der Waals surface area contributed by atoms with Gasteiger partial charge in [0.05, 0.1) is 0 Å². The third kappa shape index (κ3) is 7.34. The largest absolute Gasteiger partial charge is 0.455 e. The number of hydrogen-bond acceptors (Lipinski definition) is 8. The van der Waals surface area contributed by atoms with E-state index in [-0.39, 0.29) is 0 Å². The van der Waals surface area contributed by atoms with Gasteiger partial charge >= 0.3 is 0 Å². The fourth-order valence-electron chi connectivity index (χ4n) is 10.8. The number of fused-ring (bicyclic) bond motifs is 10. The Balaban J connectivity index is 0.926. The van der Waals surface area contributed by atoms with Gasteiger partial charge in [0.15, 0.2) is 34.9 Å². The summed E-state index contributed by atoms with van der Waals surface area (Å²) in [7, 11) is 0. The molecule has 15 aromatic rings. The van der Waals surface area contributed by atoms with E-state index in [9.17, 15) is 0 Å². The van der Waals surface area contributed by atoms with Crippen molar-refractivity contribution in [2.24, 2.45) is 0 Å². The molecule has 0 bridgehead atoms. The number of benzene rings is 11. The quantitative estimate of drug-likeness (QED) is 0.150. The molecule has 76 heavy (non-hydrogen) atoms. The zero-order valence-corrected chi connectivity index (χ0v) is 41.4. The second kappa shape index (κ2) is 17.9. The van der Waals surface area contributed by atoms with Crippen molar-refractivity contribution in [2.45, 2.75) is 0 Å². The predicted molar refractivity (Wildman–Crippen MR) is 312 cm³/mol. The van der Waals surface area contributed by atoms with E-state index in [1.165, 1.54) is 25.6 Å². The molecule has 8 heteroatoms. The molecule has 15 rings (SSSR count). The number of para-hydroxylation sites is 1. The molecular formula is C68H40N6OS. The molecule has 0 amide bonds. The first-order chi connectivity index (χ1) is 37.7. The number of hydrogen-bond donors (Lipinski definition) is 0. The van der Waals surface area contributed by atoms with E-state index in [0.717, 1.165) is 93.7 Å². The smallest absolute Gasteiger partial charge is 0.164 e. The van der Waals surface area contributed by atoms with Gasteiger partial charge in [-0.1, -0.05) is 218 Å². The molecule has 354 valence electrons. The lowest BCUT2D eigenvalue weighted by Gasteiger charge is -2.15. The molecule has 0 aliphatic heterocycles. The number of nitrogens with zero attached hydrogens (tertiary/aromatic N) is 6. The summed E-state index contributed by atoms with van der Waals surface area (Å²) in [4.78, 5) is 30.5. The van der Waals surface area contributed by atoms with Crippen molar-refractivity contribution in [1.82, 2.24) is 29.9 Å². The molecule has 0 unspecified atom stereocenters. The molecule has 0 saturated carbocycles. The summed E-state index contributed by atoms with van der Waals surface area (Å²) < 4.78 is 9.55. The van der Waals surface area contributed by atoms with Crippen LogP contribution < -0.4 is 0 Å². The Morgan fingerprint density at radius 2 is 0.711 bits per heavy atom. The van der Waals surface area contributed by atoms with Crippen LogP contribution in [0.3, 0.4) is 0 Å². The maximum absolute atomic E-state index is 7.11. The standard InChI is InChI=1S/C68H40N6OS/c1-5-19-42(20-6-1)63-69-64(43-21-7-2-8-22-43)71-67(70-63)46-37-35-41(36-38-46)49-31-17-28-48-39-53(59-51-30-14-16-34-56(51)76-62(59)58(48)49)54-40-47-27-18-32-52(57(47)60-50-29-13-15-33-55(50)75-61(54)60)68-73-65(44-23-9-3-10-24-44)72-66(74-68)45-25-11-4-12-26-45/h1-40H. The van der Waals surface area contributed by atoms with Crippen molar-refractivity contribution in [3.8, 4) is 90.6 Å². The minimum atomic E-state index is 0.595. The molecule has 0 aliphatic rings. The maximum Gasteiger partial charge on any atom is 0.164 e. The lowest BCUT2D eigenvalue weighted by atomic mass is 9.89.